The number of benzene rings is 1. The van der Waals surface area contributed by atoms with E-state index in [-0.39, 0.29) is 5.91 Å². The maximum Gasteiger partial charge on any atom is 0.282 e. The van der Waals surface area contributed by atoms with Crippen molar-refractivity contribution in [2.45, 2.75) is 25.3 Å². The molecule has 0 bridgehead atoms. The Labute approximate surface area is 151 Å². The molecule has 2 aromatic rings. The molecule has 1 aromatic carbocycles. The van der Waals surface area contributed by atoms with E-state index in [1.165, 1.54) is 35.7 Å². The summed E-state index contributed by atoms with van der Waals surface area (Å²) in [5.74, 6) is 2.68. The fourth-order valence-corrected chi connectivity index (χ4v) is 5.67. The molecule has 3 heterocycles. The van der Waals surface area contributed by atoms with Gasteiger partial charge in [0.1, 0.15) is 0 Å². The molecule has 0 radical (unpaired) electrons. The standard InChI is InChI=1S/C18H23N3OS2/c22-18(17-19-15-4-1-2-5-16(15)24-17)21-9-3-8-20(10-11-21)14-6-12-23-13-7-14/h1-2,4-5,14H,3,6-13H2. The molecule has 2 aliphatic heterocycles. The summed E-state index contributed by atoms with van der Waals surface area (Å²) in [6.07, 6.45) is 3.67. The van der Waals surface area contributed by atoms with E-state index in [2.05, 4.69) is 21.6 Å². The van der Waals surface area contributed by atoms with Crippen LogP contribution in [0.1, 0.15) is 29.1 Å². The van der Waals surface area contributed by atoms with Gasteiger partial charge in [0.05, 0.1) is 10.2 Å². The third kappa shape index (κ3) is 3.46. The summed E-state index contributed by atoms with van der Waals surface area (Å²) in [5.41, 5.74) is 0.932. The molecule has 0 unspecified atom stereocenters. The first-order chi connectivity index (χ1) is 11.8. The molecular formula is C18H23N3OS2. The minimum Gasteiger partial charge on any atom is -0.335 e. The van der Waals surface area contributed by atoms with E-state index >= 15 is 0 Å². The lowest BCUT2D eigenvalue weighted by atomic mass is 10.1. The van der Waals surface area contributed by atoms with Crippen LogP contribution in [0.3, 0.4) is 0 Å². The van der Waals surface area contributed by atoms with Gasteiger partial charge in [-0.25, -0.2) is 4.98 Å². The van der Waals surface area contributed by atoms with Crippen LogP contribution in [0.2, 0.25) is 0 Å². The number of amides is 1. The van der Waals surface area contributed by atoms with Crippen LogP contribution in [0.5, 0.6) is 0 Å². The van der Waals surface area contributed by atoms with Crippen LogP contribution >= 0.6 is 23.1 Å². The van der Waals surface area contributed by atoms with E-state index in [1.807, 2.05) is 29.2 Å². The van der Waals surface area contributed by atoms with Gasteiger partial charge in [-0.2, -0.15) is 11.8 Å². The minimum absolute atomic E-state index is 0.109. The number of aromatic nitrogens is 1. The minimum atomic E-state index is 0.109. The van der Waals surface area contributed by atoms with Gasteiger partial charge in [-0.1, -0.05) is 12.1 Å². The van der Waals surface area contributed by atoms with Gasteiger partial charge in [0.25, 0.3) is 5.91 Å². The highest BCUT2D eigenvalue weighted by Gasteiger charge is 2.26. The topological polar surface area (TPSA) is 36.4 Å². The second kappa shape index (κ2) is 7.42. The Bertz CT molecular complexity index is 678. The number of fused-ring (bicyclic) bond motifs is 1. The Morgan fingerprint density at radius 3 is 2.75 bits per heavy atom. The van der Waals surface area contributed by atoms with Crippen molar-refractivity contribution in [3.8, 4) is 0 Å². The highest BCUT2D eigenvalue weighted by atomic mass is 32.2. The van der Waals surface area contributed by atoms with E-state index in [4.69, 9.17) is 0 Å². The van der Waals surface area contributed by atoms with Gasteiger partial charge in [-0.05, 0) is 42.9 Å². The zero-order chi connectivity index (χ0) is 16.4. The number of thiazole rings is 1. The average molecular weight is 362 g/mol. The number of thioether (sulfide) groups is 1. The van der Waals surface area contributed by atoms with Crippen LogP contribution < -0.4 is 0 Å². The van der Waals surface area contributed by atoms with Crippen LogP contribution in [0.4, 0.5) is 0 Å². The van der Waals surface area contributed by atoms with Gasteiger partial charge in [0.15, 0.2) is 5.01 Å². The Balaban J connectivity index is 1.43. The normalized spacial score (nSPS) is 21.1. The summed E-state index contributed by atoms with van der Waals surface area (Å²) in [6, 6.07) is 8.72. The number of carbonyl (C=O) groups excluding carboxylic acids is 1. The van der Waals surface area contributed by atoms with Crippen molar-refractivity contribution in [1.29, 1.82) is 0 Å². The summed E-state index contributed by atoms with van der Waals surface area (Å²) in [4.78, 5) is 22.0. The largest absolute Gasteiger partial charge is 0.335 e. The SMILES string of the molecule is O=C(c1nc2ccccc2s1)N1CCCN(C2CCSCC2)CC1. The fraction of sp³-hybridized carbons (Fsp3) is 0.556. The number of nitrogens with zero attached hydrogens (tertiary/aromatic N) is 3. The fourth-order valence-electron chi connectivity index (χ4n) is 3.65. The Hall–Kier alpha value is -1.11. The molecule has 0 N–H and O–H groups in total. The lowest BCUT2D eigenvalue weighted by Crippen LogP contribution is -2.41. The van der Waals surface area contributed by atoms with Gasteiger partial charge in [-0.3, -0.25) is 9.69 Å². The third-order valence-corrected chi connectivity index (χ3v) is 7.07. The van der Waals surface area contributed by atoms with Crippen molar-refractivity contribution in [2.24, 2.45) is 0 Å². The van der Waals surface area contributed by atoms with E-state index in [0.717, 1.165) is 48.9 Å². The van der Waals surface area contributed by atoms with Gasteiger partial charge in [0, 0.05) is 32.2 Å². The molecule has 0 spiro atoms. The summed E-state index contributed by atoms with van der Waals surface area (Å²) in [6.45, 7) is 3.82. The van der Waals surface area contributed by atoms with Crippen molar-refractivity contribution in [3.05, 3.63) is 29.3 Å². The summed E-state index contributed by atoms with van der Waals surface area (Å²) in [7, 11) is 0. The molecule has 24 heavy (non-hydrogen) atoms. The van der Waals surface area contributed by atoms with Crippen molar-refractivity contribution in [2.75, 3.05) is 37.7 Å². The first-order valence-corrected chi connectivity index (χ1v) is 10.7. The highest BCUT2D eigenvalue weighted by Crippen LogP contribution is 2.25. The Morgan fingerprint density at radius 2 is 1.92 bits per heavy atom. The lowest BCUT2D eigenvalue weighted by molar-refractivity contribution is 0.0757. The second-order valence-electron chi connectivity index (χ2n) is 6.51. The molecule has 2 fully saturated rings. The number of para-hydroxylation sites is 1. The molecule has 1 amide bonds. The summed E-state index contributed by atoms with van der Waals surface area (Å²) >= 11 is 3.59. The predicted molar refractivity (Wildman–Crippen MR) is 102 cm³/mol. The summed E-state index contributed by atoms with van der Waals surface area (Å²) in [5, 5.41) is 0.638. The highest BCUT2D eigenvalue weighted by molar-refractivity contribution is 7.99. The molecule has 2 saturated heterocycles. The first kappa shape index (κ1) is 16.4. The average Bonchev–Trinajstić information content (AvgIpc) is 2.91. The maximum absolute atomic E-state index is 12.9. The molecular weight excluding hydrogens is 338 g/mol. The van der Waals surface area contributed by atoms with Crippen molar-refractivity contribution < 1.29 is 4.79 Å². The van der Waals surface area contributed by atoms with Gasteiger partial charge < -0.3 is 4.90 Å². The van der Waals surface area contributed by atoms with Crippen LogP contribution in [0, 0.1) is 0 Å². The summed E-state index contributed by atoms with van der Waals surface area (Å²) < 4.78 is 1.09. The van der Waals surface area contributed by atoms with Crippen LogP contribution in [0.15, 0.2) is 24.3 Å². The van der Waals surface area contributed by atoms with E-state index < -0.39 is 0 Å². The third-order valence-electron chi connectivity index (χ3n) is 5.00. The zero-order valence-electron chi connectivity index (χ0n) is 13.8. The smallest absolute Gasteiger partial charge is 0.282 e. The number of hydrogen-bond donors (Lipinski definition) is 0. The van der Waals surface area contributed by atoms with Crippen molar-refractivity contribution in [1.82, 2.24) is 14.8 Å². The molecule has 6 heteroatoms. The van der Waals surface area contributed by atoms with Crippen LogP contribution in [-0.2, 0) is 0 Å². The Kier molecular flexibility index (Phi) is 5.06. The second-order valence-corrected chi connectivity index (χ2v) is 8.77. The molecule has 2 aliphatic rings. The molecule has 4 nitrogen and oxygen atoms in total. The van der Waals surface area contributed by atoms with Crippen molar-refractivity contribution >= 4 is 39.2 Å². The quantitative estimate of drug-likeness (QED) is 0.822. The van der Waals surface area contributed by atoms with E-state index in [0.29, 0.717) is 5.01 Å². The molecule has 0 saturated carbocycles. The maximum atomic E-state index is 12.9. The van der Waals surface area contributed by atoms with Gasteiger partial charge >= 0.3 is 0 Å². The van der Waals surface area contributed by atoms with E-state index in [9.17, 15) is 4.79 Å². The molecule has 128 valence electrons. The molecule has 0 atom stereocenters. The zero-order valence-corrected chi connectivity index (χ0v) is 15.5. The van der Waals surface area contributed by atoms with Crippen LogP contribution in [-0.4, -0.2) is 64.4 Å². The number of rotatable bonds is 2. The monoisotopic (exact) mass is 361 g/mol. The lowest BCUT2D eigenvalue weighted by Gasteiger charge is -2.33. The van der Waals surface area contributed by atoms with Crippen LogP contribution in [0.25, 0.3) is 10.2 Å². The Morgan fingerprint density at radius 1 is 1.08 bits per heavy atom. The molecule has 4 rings (SSSR count). The van der Waals surface area contributed by atoms with Gasteiger partial charge in [-0.15, -0.1) is 11.3 Å². The van der Waals surface area contributed by atoms with E-state index in [1.54, 1.807) is 0 Å². The number of carbonyl (C=O) groups is 1. The van der Waals surface area contributed by atoms with Gasteiger partial charge in [0.2, 0.25) is 0 Å². The molecule has 0 aliphatic carbocycles. The first-order valence-electron chi connectivity index (χ1n) is 8.78. The van der Waals surface area contributed by atoms with Crippen molar-refractivity contribution in [3.63, 3.8) is 0 Å². The predicted octanol–water partition coefficient (Wildman–Crippen LogP) is 3.34. The molecule has 1 aromatic heterocycles. The number of hydrogen-bond acceptors (Lipinski definition) is 5.